The number of benzene rings is 1. The van der Waals surface area contributed by atoms with Gasteiger partial charge >= 0.3 is 5.97 Å². The number of hydrogen-bond donors (Lipinski definition) is 1. The zero-order valence-corrected chi connectivity index (χ0v) is 11.3. The molecule has 104 valence electrons. The molecule has 19 heavy (non-hydrogen) atoms. The first-order valence-electron chi connectivity index (χ1n) is 5.76. The molecule has 0 amide bonds. The van der Waals surface area contributed by atoms with Gasteiger partial charge in [0.2, 0.25) is 0 Å². The van der Waals surface area contributed by atoms with Gasteiger partial charge in [-0.3, -0.25) is 13.8 Å². The van der Waals surface area contributed by atoms with Crippen LogP contribution in [0.5, 0.6) is 0 Å². The van der Waals surface area contributed by atoms with Gasteiger partial charge in [0.25, 0.3) is 0 Å². The second-order valence-corrected chi connectivity index (χ2v) is 5.75. The lowest BCUT2D eigenvalue weighted by Gasteiger charge is -2.03. The minimum absolute atomic E-state index is 0.0599. The molecule has 0 aliphatic heterocycles. The van der Waals surface area contributed by atoms with Crippen molar-refractivity contribution in [2.75, 3.05) is 11.5 Å². The van der Waals surface area contributed by atoms with E-state index in [1.807, 2.05) is 0 Å². The van der Waals surface area contributed by atoms with Gasteiger partial charge in [0.1, 0.15) is 5.82 Å². The lowest BCUT2D eigenvalue weighted by molar-refractivity contribution is -0.137. The smallest absolute Gasteiger partial charge is 0.303 e. The normalized spacial score (nSPS) is 12.1. The molecule has 0 saturated carbocycles. The summed E-state index contributed by atoms with van der Waals surface area (Å²) in [7, 11) is -1.39. The number of aliphatic carboxylic acids is 1. The van der Waals surface area contributed by atoms with Gasteiger partial charge in [-0.2, -0.15) is 0 Å². The minimum atomic E-state index is -1.39. The largest absolute Gasteiger partial charge is 0.481 e. The van der Waals surface area contributed by atoms with E-state index in [0.29, 0.717) is 11.1 Å². The van der Waals surface area contributed by atoms with Gasteiger partial charge in [0.05, 0.1) is 5.75 Å². The fraction of sp³-hybridized carbons (Fsp3) is 0.385. The Labute approximate surface area is 113 Å². The second-order valence-electron chi connectivity index (χ2n) is 4.17. The Morgan fingerprint density at radius 3 is 2.63 bits per heavy atom. The quantitative estimate of drug-likeness (QED) is 0.777. The number of hydrogen-bond acceptors (Lipinski definition) is 3. The van der Waals surface area contributed by atoms with Crippen molar-refractivity contribution in [2.24, 2.45) is 0 Å². The number of rotatable bonds is 7. The van der Waals surface area contributed by atoms with Crippen molar-refractivity contribution in [3.63, 3.8) is 0 Å². The monoisotopic (exact) mass is 286 g/mol. The predicted octanol–water partition coefficient (Wildman–Crippen LogP) is 1.93. The molecule has 4 nitrogen and oxygen atoms in total. The maximum absolute atomic E-state index is 13.0. The van der Waals surface area contributed by atoms with E-state index in [-0.39, 0.29) is 35.9 Å². The number of ketones is 1. The molecule has 0 saturated heterocycles. The Morgan fingerprint density at radius 1 is 1.37 bits per heavy atom. The maximum Gasteiger partial charge on any atom is 0.303 e. The fourth-order valence-electron chi connectivity index (χ4n) is 1.50. The van der Waals surface area contributed by atoms with Gasteiger partial charge < -0.3 is 5.11 Å². The van der Waals surface area contributed by atoms with Crippen LogP contribution in [0.3, 0.4) is 0 Å². The topological polar surface area (TPSA) is 71.4 Å². The Balaban J connectivity index is 2.52. The molecule has 0 spiro atoms. The van der Waals surface area contributed by atoms with Crippen LogP contribution in [0.1, 0.15) is 28.8 Å². The summed E-state index contributed by atoms with van der Waals surface area (Å²) in [5, 5.41) is 8.44. The number of carbonyl (C=O) groups is 2. The molecule has 0 aromatic heterocycles. The van der Waals surface area contributed by atoms with Crippen LogP contribution in [-0.4, -0.2) is 32.6 Å². The first-order valence-corrected chi connectivity index (χ1v) is 7.25. The van der Waals surface area contributed by atoms with Crippen LogP contribution in [0.2, 0.25) is 0 Å². The Bertz CT molecular complexity index is 513. The van der Waals surface area contributed by atoms with Crippen LogP contribution in [0.15, 0.2) is 18.2 Å². The van der Waals surface area contributed by atoms with Crippen LogP contribution in [0.4, 0.5) is 4.39 Å². The number of carboxylic acid groups (broad SMARTS) is 1. The predicted molar refractivity (Wildman–Crippen MR) is 70.2 cm³/mol. The van der Waals surface area contributed by atoms with E-state index in [1.165, 1.54) is 18.2 Å². The number of halogens is 1. The number of carboxylic acids is 1. The summed E-state index contributed by atoms with van der Waals surface area (Å²) in [6.45, 7) is 1.55. The highest BCUT2D eigenvalue weighted by Gasteiger charge is 2.12. The van der Waals surface area contributed by atoms with Crippen molar-refractivity contribution in [2.45, 2.75) is 19.8 Å². The van der Waals surface area contributed by atoms with Crippen LogP contribution < -0.4 is 0 Å². The van der Waals surface area contributed by atoms with Crippen molar-refractivity contribution < 1.29 is 23.3 Å². The molecule has 0 heterocycles. The SMILES string of the molecule is Cc1cc(C(=O)CS(=O)CCCC(=O)O)ccc1F. The number of carbonyl (C=O) groups excluding carboxylic acids is 1. The van der Waals surface area contributed by atoms with Gasteiger partial charge in [0.15, 0.2) is 5.78 Å². The molecule has 1 unspecified atom stereocenters. The molecular weight excluding hydrogens is 271 g/mol. The summed E-state index contributed by atoms with van der Waals surface area (Å²) in [5.74, 6) is -1.64. The molecule has 1 aromatic rings. The molecule has 6 heteroatoms. The summed E-state index contributed by atoms with van der Waals surface area (Å²) in [5.41, 5.74) is 0.688. The van der Waals surface area contributed by atoms with Crippen LogP contribution >= 0.6 is 0 Å². The van der Waals surface area contributed by atoms with Crippen molar-refractivity contribution >= 4 is 22.6 Å². The van der Waals surface area contributed by atoms with E-state index in [9.17, 15) is 18.2 Å². The molecule has 1 atom stereocenters. The molecule has 1 N–H and O–H groups in total. The van der Waals surface area contributed by atoms with Crippen LogP contribution in [0.25, 0.3) is 0 Å². The van der Waals surface area contributed by atoms with E-state index in [0.717, 1.165) is 0 Å². The van der Waals surface area contributed by atoms with Crippen molar-refractivity contribution in [1.29, 1.82) is 0 Å². The highest BCUT2D eigenvalue weighted by molar-refractivity contribution is 7.85. The van der Waals surface area contributed by atoms with E-state index >= 15 is 0 Å². The standard InChI is InChI=1S/C13H15FO4S/c1-9-7-10(4-5-11(9)14)12(15)8-19(18)6-2-3-13(16)17/h4-5,7H,2-3,6,8H2,1H3,(H,16,17). The highest BCUT2D eigenvalue weighted by Crippen LogP contribution is 2.10. The van der Waals surface area contributed by atoms with E-state index in [4.69, 9.17) is 5.11 Å². The van der Waals surface area contributed by atoms with E-state index in [1.54, 1.807) is 6.92 Å². The lowest BCUT2D eigenvalue weighted by Crippen LogP contribution is -2.14. The molecule has 0 aliphatic carbocycles. The average molecular weight is 286 g/mol. The van der Waals surface area contributed by atoms with Crippen molar-refractivity contribution in [1.82, 2.24) is 0 Å². The highest BCUT2D eigenvalue weighted by atomic mass is 32.2. The summed E-state index contributed by atoms with van der Waals surface area (Å²) in [6.07, 6.45) is 0.216. The fourth-order valence-corrected chi connectivity index (χ4v) is 2.57. The molecule has 0 aliphatic rings. The first-order chi connectivity index (χ1) is 8.90. The van der Waals surface area contributed by atoms with Gasteiger partial charge in [0, 0.05) is 28.5 Å². The molecule has 1 aromatic carbocycles. The van der Waals surface area contributed by atoms with Crippen molar-refractivity contribution in [3.05, 3.63) is 35.1 Å². The lowest BCUT2D eigenvalue weighted by atomic mass is 10.1. The van der Waals surface area contributed by atoms with Crippen molar-refractivity contribution in [3.8, 4) is 0 Å². The summed E-state index contributed by atoms with van der Waals surface area (Å²) in [4.78, 5) is 22.1. The Hall–Kier alpha value is -1.56. The third-order valence-corrected chi connectivity index (χ3v) is 3.86. The third-order valence-electron chi connectivity index (χ3n) is 2.53. The summed E-state index contributed by atoms with van der Waals surface area (Å²) in [6, 6.07) is 3.99. The Kier molecular flexibility index (Phi) is 5.82. The minimum Gasteiger partial charge on any atom is -0.481 e. The van der Waals surface area contributed by atoms with Crippen LogP contribution in [-0.2, 0) is 15.6 Å². The van der Waals surface area contributed by atoms with Gasteiger partial charge in [-0.05, 0) is 37.1 Å². The second kappa shape index (κ2) is 7.13. The van der Waals surface area contributed by atoms with Gasteiger partial charge in [-0.25, -0.2) is 4.39 Å². The zero-order chi connectivity index (χ0) is 14.4. The molecule has 0 bridgehead atoms. The number of aryl methyl sites for hydroxylation is 1. The van der Waals surface area contributed by atoms with Crippen LogP contribution in [0, 0.1) is 12.7 Å². The molecular formula is C13H15FO4S. The van der Waals surface area contributed by atoms with Gasteiger partial charge in [-0.1, -0.05) is 0 Å². The zero-order valence-electron chi connectivity index (χ0n) is 10.5. The van der Waals surface area contributed by atoms with E-state index < -0.39 is 16.8 Å². The molecule has 0 radical (unpaired) electrons. The first kappa shape index (κ1) is 15.5. The summed E-state index contributed by atoms with van der Waals surface area (Å²) >= 11 is 0. The third kappa shape index (κ3) is 5.30. The average Bonchev–Trinajstić information content (AvgIpc) is 2.32. The number of Topliss-reactive ketones (excluding diaryl/α,β-unsaturated/α-hetero) is 1. The van der Waals surface area contributed by atoms with Gasteiger partial charge in [-0.15, -0.1) is 0 Å². The molecule has 1 rings (SSSR count). The summed E-state index contributed by atoms with van der Waals surface area (Å²) < 4.78 is 24.6. The van der Waals surface area contributed by atoms with E-state index in [2.05, 4.69) is 0 Å². The molecule has 0 fully saturated rings. The Morgan fingerprint density at radius 2 is 2.05 bits per heavy atom. The maximum atomic E-state index is 13.0.